The topological polar surface area (TPSA) is 35.2 Å². The van der Waals surface area contributed by atoms with Gasteiger partial charge in [0.15, 0.2) is 0 Å². The quantitative estimate of drug-likeness (QED) is 0.886. The first-order valence-corrected chi connectivity index (χ1v) is 8.78. The number of ether oxygens (including phenoxy) is 1. The average Bonchev–Trinajstić information content (AvgIpc) is 2.55. The molecule has 3 aliphatic carbocycles. The van der Waals surface area contributed by atoms with Gasteiger partial charge in [-0.2, -0.15) is 0 Å². The van der Waals surface area contributed by atoms with Crippen molar-refractivity contribution in [1.82, 2.24) is 0 Å². The summed E-state index contributed by atoms with van der Waals surface area (Å²) in [5.41, 5.74) is 9.64. The van der Waals surface area contributed by atoms with Crippen LogP contribution in [-0.4, -0.2) is 12.1 Å². The number of benzene rings is 1. The Kier molecular flexibility index (Phi) is 3.55. The van der Waals surface area contributed by atoms with E-state index in [2.05, 4.69) is 24.3 Å². The van der Waals surface area contributed by atoms with E-state index in [4.69, 9.17) is 10.5 Å². The lowest BCUT2D eigenvalue weighted by molar-refractivity contribution is -0.173. The van der Waals surface area contributed by atoms with Crippen LogP contribution in [0.25, 0.3) is 0 Å². The summed E-state index contributed by atoms with van der Waals surface area (Å²) in [5.74, 6) is 0. The van der Waals surface area contributed by atoms with Gasteiger partial charge in [0.2, 0.25) is 0 Å². The predicted octanol–water partition coefficient (Wildman–Crippen LogP) is 4.13. The van der Waals surface area contributed by atoms with Crippen molar-refractivity contribution in [2.24, 2.45) is 11.1 Å². The third-order valence-corrected chi connectivity index (χ3v) is 6.28. The summed E-state index contributed by atoms with van der Waals surface area (Å²) in [5, 5.41) is 0. The van der Waals surface area contributed by atoms with E-state index < -0.39 is 0 Å². The van der Waals surface area contributed by atoms with E-state index in [1.165, 1.54) is 62.5 Å². The fourth-order valence-electron chi connectivity index (χ4n) is 4.92. The minimum atomic E-state index is 0.310. The molecule has 3 atom stereocenters. The molecule has 2 fully saturated rings. The fraction of sp³-hybridized carbons (Fsp3) is 0.684. The van der Waals surface area contributed by atoms with Gasteiger partial charge >= 0.3 is 0 Å². The Hall–Kier alpha value is -0.860. The van der Waals surface area contributed by atoms with E-state index in [0.717, 1.165) is 6.42 Å². The fourth-order valence-corrected chi connectivity index (χ4v) is 4.92. The van der Waals surface area contributed by atoms with Crippen molar-refractivity contribution in [2.75, 3.05) is 0 Å². The normalized spacial score (nSPS) is 34.2. The molecule has 0 aliphatic heterocycles. The second-order valence-corrected chi connectivity index (χ2v) is 7.34. The highest BCUT2D eigenvalue weighted by atomic mass is 16.5. The zero-order valence-corrected chi connectivity index (χ0v) is 12.9. The van der Waals surface area contributed by atoms with Gasteiger partial charge in [-0.15, -0.1) is 0 Å². The van der Waals surface area contributed by atoms with Crippen molar-refractivity contribution in [3.8, 4) is 0 Å². The molecule has 1 aromatic rings. The maximum atomic E-state index is 6.64. The zero-order chi connectivity index (χ0) is 14.3. The molecule has 2 heteroatoms. The number of rotatable bonds is 2. The first-order valence-electron chi connectivity index (χ1n) is 8.78. The minimum absolute atomic E-state index is 0.310. The van der Waals surface area contributed by atoms with E-state index in [9.17, 15) is 0 Å². The highest BCUT2D eigenvalue weighted by Gasteiger charge is 2.54. The smallest absolute Gasteiger partial charge is 0.0831 e. The number of nitrogens with two attached hydrogens (primary N) is 1. The van der Waals surface area contributed by atoms with Gasteiger partial charge in [-0.3, -0.25) is 0 Å². The standard InChI is InChI=1S/C19H27NO/c20-17-13-18(19(17)11-4-1-5-12-19)21-16-10-6-8-14-7-2-3-9-15(14)16/h2-3,7,9,16-18H,1,4-6,8,10-13,20H2. The molecule has 1 spiro atoms. The molecule has 1 aromatic carbocycles. The van der Waals surface area contributed by atoms with Crippen LogP contribution in [0.15, 0.2) is 24.3 Å². The Morgan fingerprint density at radius 2 is 1.86 bits per heavy atom. The van der Waals surface area contributed by atoms with Gasteiger partial charge in [0, 0.05) is 11.5 Å². The summed E-state index contributed by atoms with van der Waals surface area (Å²) in [6.07, 6.45) is 12.1. The maximum Gasteiger partial charge on any atom is 0.0831 e. The van der Waals surface area contributed by atoms with Crippen LogP contribution in [0.5, 0.6) is 0 Å². The molecule has 2 saturated carbocycles. The van der Waals surface area contributed by atoms with Crippen molar-refractivity contribution in [3.63, 3.8) is 0 Å². The molecule has 114 valence electrons. The molecule has 0 amide bonds. The third-order valence-electron chi connectivity index (χ3n) is 6.28. The summed E-state index contributed by atoms with van der Waals surface area (Å²) >= 11 is 0. The van der Waals surface area contributed by atoms with Gasteiger partial charge in [0.05, 0.1) is 12.2 Å². The highest BCUT2D eigenvalue weighted by molar-refractivity contribution is 5.31. The first kappa shape index (κ1) is 13.8. The molecule has 0 aromatic heterocycles. The highest BCUT2D eigenvalue weighted by Crippen LogP contribution is 2.54. The SMILES string of the molecule is NC1CC(OC2CCCc3ccccc32)C12CCCCC2. The molecule has 0 saturated heterocycles. The van der Waals surface area contributed by atoms with Gasteiger partial charge in [-0.25, -0.2) is 0 Å². The predicted molar refractivity (Wildman–Crippen MR) is 85.1 cm³/mol. The van der Waals surface area contributed by atoms with Crippen LogP contribution >= 0.6 is 0 Å². The summed E-state index contributed by atoms with van der Waals surface area (Å²) < 4.78 is 6.64. The van der Waals surface area contributed by atoms with E-state index in [1.54, 1.807) is 0 Å². The number of hydrogen-bond donors (Lipinski definition) is 1. The Morgan fingerprint density at radius 3 is 2.67 bits per heavy atom. The van der Waals surface area contributed by atoms with Gasteiger partial charge in [0.25, 0.3) is 0 Å². The lowest BCUT2D eigenvalue weighted by Gasteiger charge is -2.57. The lowest BCUT2D eigenvalue weighted by atomic mass is 9.55. The second kappa shape index (κ2) is 5.40. The molecule has 3 unspecified atom stereocenters. The molecule has 2 N–H and O–H groups in total. The molecule has 0 heterocycles. The molecular formula is C19H27NO. The summed E-state index contributed by atoms with van der Waals surface area (Å²) in [4.78, 5) is 0. The summed E-state index contributed by atoms with van der Waals surface area (Å²) in [6, 6.07) is 9.23. The first-order chi connectivity index (χ1) is 10.3. The number of aryl methyl sites for hydroxylation is 1. The van der Waals surface area contributed by atoms with E-state index in [1.807, 2.05) is 0 Å². The maximum absolute atomic E-state index is 6.64. The van der Waals surface area contributed by atoms with Crippen LogP contribution in [0.1, 0.15) is 68.6 Å². The van der Waals surface area contributed by atoms with Crippen molar-refractivity contribution >= 4 is 0 Å². The van der Waals surface area contributed by atoms with Gasteiger partial charge in [0.1, 0.15) is 0 Å². The number of fused-ring (bicyclic) bond motifs is 1. The van der Waals surface area contributed by atoms with Gasteiger partial charge in [-0.1, -0.05) is 43.5 Å². The van der Waals surface area contributed by atoms with Gasteiger partial charge in [-0.05, 0) is 49.7 Å². The third kappa shape index (κ3) is 2.24. The van der Waals surface area contributed by atoms with E-state index in [-0.39, 0.29) is 0 Å². The lowest BCUT2D eigenvalue weighted by Crippen LogP contribution is -2.63. The Balaban J connectivity index is 1.52. The Bertz CT molecular complexity index is 506. The molecule has 21 heavy (non-hydrogen) atoms. The van der Waals surface area contributed by atoms with Crippen LogP contribution in [0, 0.1) is 5.41 Å². The zero-order valence-electron chi connectivity index (χ0n) is 12.9. The van der Waals surface area contributed by atoms with Crippen LogP contribution < -0.4 is 5.73 Å². The average molecular weight is 285 g/mol. The summed E-state index contributed by atoms with van der Waals surface area (Å²) in [6.45, 7) is 0. The van der Waals surface area contributed by atoms with Crippen LogP contribution in [-0.2, 0) is 11.2 Å². The van der Waals surface area contributed by atoms with Crippen LogP contribution in [0.2, 0.25) is 0 Å². The molecule has 4 rings (SSSR count). The Morgan fingerprint density at radius 1 is 1.05 bits per heavy atom. The molecular weight excluding hydrogens is 258 g/mol. The molecule has 0 bridgehead atoms. The van der Waals surface area contributed by atoms with E-state index >= 15 is 0 Å². The van der Waals surface area contributed by atoms with Crippen molar-refractivity contribution in [2.45, 2.75) is 76.0 Å². The van der Waals surface area contributed by atoms with E-state index in [0.29, 0.717) is 23.7 Å². The monoisotopic (exact) mass is 285 g/mol. The molecule has 2 nitrogen and oxygen atoms in total. The summed E-state index contributed by atoms with van der Waals surface area (Å²) in [7, 11) is 0. The minimum Gasteiger partial charge on any atom is -0.370 e. The van der Waals surface area contributed by atoms with Crippen LogP contribution in [0.4, 0.5) is 0 Å². The molecule has 3 aliphatic rings. The van der Waals surface area contributed by atoms with Crippen molar-refractivity contribution < 1.29 is 4.74 Å². The Labute approximate surface area is 128 Å². The van der Waals surface area contributed by atoms with Crippen molar-refractivity contribution in [1.29, 1.82) is 0 Å². The largest absolute Gasteiger partial charge is 0.370 e. The number of hydrogen-bond acceptors (Lipinski definition) is 2. The molecule has 0 radical (unpaired) electrons. The second-order valence-electron chi connectivity index (χ2n) is 7.34. The van der Waals surface area contributed by atoms with Crippen molar-refractivity contribution in [3.05, 3.63) is 35.4 Å². The van der Waals surface area contributed by atoms with Crippen LogP contribution in [0.3, 0.4) is 0 Å². The van der Waals surface area contributed by atoms with Gasteiger partial charge < -0.3 is 10.5 Å².